The van der Waals surface area contributed by atoms with E-state index in [0.717, 1.165) is 9.87 Å². The maximum Gasteiger partial charge on any atom is 0.471 e. The number of nitrogens with zero attached hydrogens (tertiary/aromatic N) is 1. The minimum absolute atomic E-state index is 0.129. The molecule has 0 saturated heterocycles. The maximum atomic E-state index is 12.4. The standard InChI is InChI=1S/C19H21F3N2O5S/c1-12(23-18(26)19(20,21)22)17(25)14-8-9-16(15(10-14)24(2)30(27)28)29-11-13-6-4-3-5-7-13/h3-10,12,17,25H,11H2,1-2H3,(H,23,26)(H,27,28). The van der Waals surface area contributed by atoms with Crippen molar-refractivity contribution < 1.29 is 36.6 Å². The maximum absolute atomic E-state index is 12.4. The van der Waals surface area contributed by atoms with Gasteiger partial charge in [-0.05, 0) is 30.2 Å². The quantitative estimate of drug-likeness (QED) is 0.542. The molecule has 2 aromatic rings. The number of anilines is 1. The molecule has 11 heteroatoms. The third-order valence-electron chi connectivity index (χ3n) is 4.23. The summed E-state index contributed by atoms with van der Waals surface area (Å²) < 4.78 is 64.9. The largest absolute Gasteiger partial charge is 0.487 e. The average Bonchev–Trinajstić information content (AvgIpc) is 2.70. The summed E-state index contributed by atoms with van der Waals surface area (Å²) in [5.74, 6) is -1.95. The lowest BCUT2D eigenvalue weighted by Gasteiger charge is -2.24. The molecular formula is C19H21F3N2O5S. The molecule has 30 heavy (non-hydrogen) atoms. The summed E-state index contributed by atoms with van der Waals surface area (Å²) in [4.78, 5) is 11.1. The van der Waals surface area contributed by atoms with E-state index >= 15 is 0 Å². The number of carbonyl (C=O) groups excluding carboxylic acids is 1. The average molecular weight is 446 g/mol. The van der Waals surface area contributed by atoms with Gasteiger partial charge in [0.1, 0.15) is 12.4 Å². The van der Waals surface area contributed by atoms with Crippen LogP contribution in [0, 0.1) is 0 Å². The molecule has 0 radical (unpaired) electrons. The lowest BCUT2D eigenvalue weighted by atomic mass is 10.0. The van der Waals surface area contributed by atoms with E-state index in [1.165, 1.54) is 32.2 Å². The minimum Gasteiger partial charge on any atom is -0.487 e. The predicted molar refractivity (Wildman–Crippen MR) is 105 cm³/mol. The predicted octanol–water partition coefficient (Wildman–Crippen LogP) is 2.94. The molecule has 1 amide bonds. The Bertz CT molecular complexity index is 895. The van der Waals surface area contributed by atoms with Crippen molar-refractivity contribution in [1.82, 2.24) is 5.32 Å². The second-order valence-electron chi connectivity index (χ2n) is 6.43. The number of aliphatic hydroxyl groups excluding tert-OH is 1. The number of ether oxygens (including phenoxy) is 1. The molecular weight excluding hydrogens is 425 g/mol. The lowest BCUT2D eigenvalue weighted by molar-refractivity contribution is -0.175. The summed E-state index contributed by atoms with van der Waals surface area (Å²) in [6.45, 7) is 1.38. The summed E-state index contributed by atoms with van der Waals surface area (Å²) in [5, 5.41) is 12.1. The number of hydrogen-bond donors (Lipinski definition) is 3. The Hall–Kier alpha value is -2.63. The zero-order chi connectivity index (χ0) is 22.5. The normalized spacial score (nSPS) is 14.5. The van der Waals surface area contributed by atoms with Crippen LogP contribution in [-0.4, -0.2) is 39.0 Å². The van der Waals surface area contributed by atoms with E-state index in [1.807, 2.05) is 30.3 Å². The molecule has 0 heterocycles. The molecule has 0 fully saturated rings. The van der Waals surface area contributed by atoms with Gasteiger partial charge >= 0.3 is 12.1 Å². The van der Waals surface area contributed by atoms with Gasteiger partial charge in [-0.15, -0.1) is 0 Å². The summed E-state index contributed by atoms with van der Waals surface area (Å²) >= 11 is -2.42. The first-order valence-electron chi connectivity index (χ1n) is 8.72. The topological polar surface area (TPSA) is 99.1 Å². The Balaban J connectivity index is 2.25. The zero-order valence-corrected chi connectivity index (χ0v) is 16.9. The molecule has 7 nitrogen and oxygen atoms in total. The van der Waals surface area contributed by atoms with E-state index in [9.17, 15) is 31.8 Å². The molecule has 0 bridgehead atoms. The monoisotopic (exact) mass is 446 g/mol. The fourth-order valence-corrected chi connectivity index (χ4v) is 2.87. The van der Waals surface area contributed by atoms with Gasteiger partial charge in [-0.2, -0.15) is 13.2 Å². The first-order valence-corrected chi connectivity index (χ1v) is 9.78. The SMILES string of the molecule is CC(NC(=O)C(F)(F)F)C(O)c1ccc(OCc2ccccc2)c(N(C)S(=O)O)c1. The van der Waals surface area contributed by atoms with Crippen LogP contribution in [0.15, 0.2) is 48.5 Å². The molecule has 164 valence electrons. The number of halogens is 3. The Morgan fingerprint density at radius 3 is 2.43 bits per heavy atom. The van der Waals surface area contributed by atoms with Gasteiger partial charge in [0.2, 0.25) is 0 Å². The molecule has 2 aromatic carbocycles. The van der Waals surface area contributed by atoms with Gasteiger partial charge in [0.25, 0.3) is 11.3 Å². The first kappa shape index (κ1) is 23.6. The van der Waals surface area contributed by atoms with Gasteiger partial charge < -0.3 is 15.2 Å². The molecule has 0 spiro atoms. The van der Waals surface area contributed by atoms with Crippen molar-refractivity contribution in [2.24, 2.45) is 0 Å². The Morgan fingerprint density at radius 1 is 1.23 bits per heavy atom. The number of alkyl halides is 3. The number of nitrogens with one attached hydrogen (secondary N) is 1. The van der Waals surface area contributed by atoms with E-state index in [4.69, 9.17) is 4.74 Å². The second-order valence-corrected chi connectivity index (χ2v) is 7.44. The highest BCUT2D eigenvalue weighted by molar-refractivity contribution is 7.80. The highest BCUT2D eigenvalue weighted by Gasteiger charge is 2.40. The fourth-order valence-electron chi connectivity index (χ4n) is 2.56. The van der Waals surface area contributed by atoms with Crippen LogP contribution in [0.2, 0.25) is 0 Å². The highest BCUT2D eigenvalue weighted by Crippen LogP contribution is 2.33. The number of carbonyl (C=O) groups is 1. The van der Waals surface area contributed by atoms with Gasteiger partial charge in [-0.3, -0.25) is 13.7 Å². The summed E-state index contributed by atoms with van der Waals surface area (Å²) in [6.07, 6.45) is -6.58. The van der Waals surface area contributed by atoms with E-state index in [2.05, 4.69) is 0 Å². The Kier molecular flexibility index (Phi) is 7.82. The van der Waals surface area contributed by atoms with Gasteiger partial charge in [-0.1, -0.05) is 36.4 Å². The van der Waals surface area contributed by atoms with Crippen LogP contribution in [0.3, 0.4) is 0 Å². The van der Waals surface area contributed by atoms with Gasteiger partial charge in [0, 0.05) is 7.05 Å². The molecule has 2 rings (SSSR count). The van der Waals surface area contributed by atoms with Crippen molar-refractivity contribution >= 4 is 22.9 Å². The van der Waals surface area contributed by atoms with E-state index < -0.39 is 35.5 Å². The van der Waals surface area contributed by atoms with Crippen molar-refractivity contribution in [3.63, 3.8) is 0 Å². The van der Waals surface area contributed by atoms with Crippen molar-refractivity contribution in [3.8, 4) is 5.75 Å². The molecule has 0 aliphatic rings. The van der Waals surface area contributed by atoms with Crippen LogP contribution < -0.4 is 14.4 Å². The molecule has 3 unspecified atom stereocenters. The van der Waals surface area contributed by atoms with Crippen LogP contribution in [-0.2, 0) is 22.7 Å². The second kappa shape index (κ2) is 9.92. The third-order valence-corrected chi connectivity index (χ3v) is 4.89. The number of amides is 1. The first-order chi connectivity index (χ1) is 14.0. The summed E-state index contributed by atoms with van der Waals surface area (Å²) in [7, 11) is 1.31. The van der Waals surface area contributed by atoms with Crippen LogP contribution in [0.1, 0.15) is 24.2 Å². The molecule has 0 saturated carbocycles. The van der Waals surface area contributed by atoms with Crippen molar-refractivity contribution in [2.45, 2.75) is 31.9 Å². The summed E-state index contributed by atoms with van der Waals surface area (Å²) in [5.41, 5.74) is 1.12. The molecule has 0 aliphatic heterocycles. The van der Waals surface area contributed by atoms with E-state index in [1.54, 1.807) is 5.32 Å². The number of aliphatic hydroxyl groups is 1. The van der Waals surface area contributed by atoms with Crippen LogP contribution in [0.25, 0.3) is 0 Å². The van der Waals surface area contributed by atoms with Crippen molar-refractivity contribution in [2.75, 3.05) is 11.4 Å². The van der Waals surface area contributed by atoms with Crippen molar-refractivity contribution in [1.29, 1.82) is 0 Å². The van der Waals surface area contributed by atoms with E-state index in [-0.39, 0.29) is 23.6 Å². The zero-order valence-electron chi connectivity index (χ0n) is 16.1. The van der Waals surface area contributed by atoms with E-state index in [0.29, 0.717) is 0 Å². The highest BCUT2D eigenvalue weighted by atomic mass is 32.2. The number of hydrogen-bond acceptors (Lipinski definition) is 4. The van der Waals surface area contributed by atoms with Crippen LogP contribution in [0.5, 0.6) is 5.75 Å². The number of rotatable bonds is 8. The minimum atomic E-state index is -5.08. The molecule has 3 atom stereocenters. The van der Waals surface area contributed by atoms with Crippen molar-refractivity contribution in [3.05, 3.63) is 59.7 Å². The Labute approximate surface area is 173 Å². The number of benzene rings is 2. The smallest absolute Gasteiger partial charge is 0.471 e. The molecule has 0 aromatic heterocycles. The molecule has 3 N–H and O–H groups in total. The van der Waals surface area contributed by atoms with Crippen LogP contribution >= 0.6 is 0 Å². The Morgan fingerprint density at radius 2 is 1.87 bits per heavy atom. The fraction of sp³-hybridized carbons (Fsp3) is 0.316. The van der Waals surface area contributed by atoms with Crippen LogP contribution in [0.4, 0.5) is 18.9 Å². The van der Waals surface area contributed by atoms with Gasteiger partial charge in [0.05, 0.1) is 17.8 Å². The third kappa shape index (κ3) is 6.18. The van der Waals surface area contributed by atoms with Gasteiger partial charge in [0.15, 0.2) is 0 Å². The lowest BCUT2D eigenvalue weighted by Crippen LogP contribution is -2.44. The van der Waals surface area contributed by atoms with Gasteiger partial charge in [-0.25, -0.2) is 4.21 Å². The summed E-state index contributed by atoms with van der Waals surface area (Å²) in [6, 6.07) is 12.0. The molecule has 0 aliphatic carbocycles.